The van der Waals surface area contributed by atoms with Crippen molar-refractivity contribution in [2.75, 3.05) is 18.2 Å². The number of nitrogens with one attached hydrogen (secondary N) is 1. The Labute approximate surface area is 203 Å². The molecule has 0 spiro atoms. The van der Waals surface area contributed by atoms with E-state index in [1.165, 1.54) is 18.9 Å². The molecule has 0 fully saturated rings. The van der Waals surface area contributed by atoms with E-state index < -0.39 is 5.97 Å². The van der Waals surface area contributed by atoms with Crippen LogP contribution in [-0.2, 0) is 9.53 Å². The number of thioether (sulfide) groups is 1. The van der Waals surface area contributed by atoms with Crippen molar-refractivity contribution in [2.24, 2.45) is 0 Å². The van der Waals surface area contributed by atoms with E-state index in [0.717, 1.165) is 16.7 Å². The van der Waals surface area contributed by atoms with Gasteiger partial charge in [-0.2, -0.15) is 4.68 Å². The Hall–Kier alpha value is -4.51. The SMILES string of the molecule is COC(=O)c1ccccc1NC(=O)CSc1nnc(-n2nnc3ccccc32)n1-c1ccccc1. The van der Waals surface area contributed by atoms with Crippen molar-refractivity contribution in [3.05, 3.63) is 84.4 Å². The Morgan fingerprint density at radius 1 is 0.914 bits per heavy atom. The molecule has 0 atom stereocenters. The zero-order valence-corrected chi connectivity index (χ0v) is 19.3. The van der Waals surface area contributed by atoms with Gasteiger partial charge >= 0.3 is 5.97 Å². The van der Waals surface area contributed by atoms with Gasteiger partial charge in [-0.3, -0.25) is 9.36 Å². The lowest BCUT2D eigenvalue weighted by Gasteiger charge is -2.11. The van der Waals surface area contributed by atoms with E-state index in [1.54, 1.807) is 28.9 Å². The van der Waals surface area contributed by atoms with Gasteiger partial charge in [-0.1, -0.05) is 59.4 Å². The molecule has 5 aromatic rings. The number of amides is 1. The lowest BCUT2D eigenvalue weighted by molar-refractivity contribution is -0.113. The molecule has 0 aliphatic heterocycles. The highest BCUT2D eigenvalue weighted by molar-refractivity contribution is 7.99. The van der Waals surface area contributed by atoms with Crippen LogP contribution in [0.25, 0.3) is 22.7 Å². The van der Waals surface area contributed by atoms with E-state index in [4.69, 9.17) is 4.74 Å². The summed E-state index contributed by atoms with van der Waals surface area (Å²) >= 11 is 1.21. The third-order valence-electron chi connectivity index (χ3n) is 5.11. The van der Waals surface area contributed by atoms with Crippen molar-refractivity contribution in [1.29, 1.82) is 0 Å². The second-order valence-corrected chi connectivity index (χ2v) is 8.26. The summed E-state index contributed by atoms with van der Waals surface area (Å²) < 4.78 is 8.23. The molecule has 10 nitrogen and oxygen atoms in total. The highest BCUT2D eigenvalue weighted by Crippen LogP contribution is 2.26. The van der Waals surface area contributed by atoms with Gasteiger partial charge in [0, 0.05) is 0 Å². The van der Waals surface area contributed by atoms with Gasteiger partial charge in [0.15, 0.2) is 5.16 Å². The number of benzene rings is 3. The predicted molar refractivity (Wildman–Crippen MR) is 131 cm³/mol. The number of hydrogen-bond donors (Lipinski definition) is 1. The first-order valence-corrected chi connectivity index (χ1v) is 11.6. The number of anilines is 1. The van der Waals surface area contributed by atoms with E-state index in [2.05, 4.69) is 25.8 Å². The monoisotopic (exact) mass is 485 g/mol. The summed E-state index contributed by atoms with van der Waals surface area (Å²) in [5, 5.41) is 20.4. The number of para-hydroxylation sites is 3. The minimum Gasteiger partial charge on any atom is -0.465 e. The topological polar surface area (TPSA) is 117 Å². The van der Waals surface area contributed by atoms with E-state index in [1.807, 2.05) is 59.2 Å². The van der Waals surface area contributed by atoms with Gasteiger partial charge in [0.05, 0.1) is 35.3 Å². The van der Waals surface area contributed by atoms with Gasteiger partial charge in [-0.15, -0.1) is 15.3 Å². The van der Waals surface area contributed by atoms with Crippen molar-refractivity contribution in [2.45, 2.75) is 5.16 Å². The molecule has 35 heavy (non-hydrogen) atoms. The number of rotatable bonds is 7. The predicted octanol–water partition coefficient (Wildman–Crippen LogP) is 3.52. The first-order valence-electron chi connectivity index (χ1n) is 10.6. The standard InChI is InChI=1S/C24H19N7O3S/c1-34-22(33)17-11-5-6-12-18(17)25-21(32)15-35-24-28-27-23(30(24)16-9-3-2-4-10-16)31-20-14-8-7-13-19(20)26-29-31/h2-14H,15H2,1H3,(H,25,32). The zero-order chi connectivity index (χ0) is 24.2. The number of fused-ring (bicyclic) bond motifs is 1. The minimum atomic E-state index is -0.526. The van der Waals surface area contributed by atoms with Gasteiger partial charge in [0.1, 0.15) is 5.52 Å². The summed E-state index contributed by atoms with van der Waals surface area (Å²) in [5.74, 6) is -0.342. The maximum absolute atomic E-state index is 12.7. The number of esters is 1. The lowest BCUT2D eigenvalue weighted by Crippen LogP contribution is -2.17. The van der Waals surface area contributed by atoms with Crippen LogP contribution in [0.15, 0.2) is 84.0 Å². The fraction of sp³-hybridized carbons (Fsp3) is 0.0833. The average Bonchev–Trinajstić information content (AvgIpc) is 3.52. The number of methoxy groups -OCH3 is 1. The van der Waals surface area contributed by atoms with Gasteiger partial charge in [0.25, 0.3) is 5.95 Å². The highest BCUT2D eigenvalue weighted by Gasteiger charge is 2.20. The van der Waals surface area contributed by atoms with Gasteiger partial charge in [0.2, 0.25) is 5.91 Å². The number of nitrogens with zero attached hydrogens (tertiary/aromatic N) is 6. The molecule has 174 valence electrons. The van der Waals surface area contributed by atoms with Crippen LogP contribution in [0.1, 0.15) is 10.4 Å². The molecule has 2 aromatic heterocycles. The summed E-state index contributed by atoms with van der Waals surface area (Å²) in [4.78, 5) is 24.7. The normalized spacial score (nSPS) is 10.9. The lowest BCUT2D eigenvalue weighted by atomic mass is 10.2. The average molecular weight is 486 g/mol. The van der Waals surface area contributed by atoms with Crippen LogP contribution in [-0.4, -0.2) is 54.5 Å². The fourth-order valence-electron chi connectivity index (χ4n) is 3.51. The maximum atomic E-state index is 12.7. The molecule has 5 rings (SSSR count). The number of ether oxygens (including phenoxy) is 1. The van der Waals surface area contributed by atoms with Crippen molar-refractivity contribution < 1.29 is 14.3 Å². The molecule has 0 saturated carbocycles. The maximum Gasteiger partial charge on any atom is 0.339 e. The molecule has 0 saturated heterocycles. The summed E-state index contributed by atoms with van der Waals surface area (Å²) in [6, 6.07) is 23.8. The molecule has 2 heterocycles. The van der Waals surface area contributed by atoms with Gasteiger partial charge in [-0.25, -0.2) is 4.79 Å². The number of carbonyl (C=O) groups excluding carboxylic acids is 2. The molecule has 1 N–H and O–H groups in total. The van der Waals surface area contributed by atoms with E-state index in [-0.39, 0.29) is 17.2 Å². The van der Waals surface area contributed by atoms with E-state index in [0.29, 0.717) is 16.8 Å². The number of aromatic nitrogens is 6. The Bertz CT molecular complexity index is 1510. The van der Waals surface area contributed by atoms with Crippen LogP contribution in [0.3, 0.4) is 0 Å². The molecule has 0 unspecified atom stereocenters. The van der Waals surface area contributed by atoms with E-state index in [9.17, 15) is 9.59 Å². The molecule has 0 aliphatic rings. The van der Waals surface area contributed by atoms with E-state index >= 15 is 0 Å². The molecular formula is C24H19N7O3S. The first kappa shape index (κ1) is 22.3. The van der Waals surface area contributed by atoms with Crippen molar-refractivity contribution >= 4 is 40.4 Å². The molecule has 0 radical (unpaired) electrons. The van der Waals surface area contributed by atoms with Crippen LogP contribution in [0.2, 0.25) is 0 Å². The third-order valence-corrected chi connectivity index (χ3v) is 6.04. The third kappa shape index (κ3) is 4.49. The van der Waals surface area contributed by atoms with Crippen LogP contribution in [0, 0.1) is 0 Å². The minimum absolute atomic E-state index is 0.0403. The smallest absolute Gasteiger partial charge is 0.339 e. The number of carbonyl (C=O) groups is 2. The van der Waals surface area contributed by atoms with Gasteiger partial charge < -0.3 is 10.1 Å². The second-order valence-electron chi connectivity index (χ2n) is 7.32. The van der Waals surface area contributed by atoms with Gasteiger partial charge in [-0.05, 0) is 36.4 Å². The van der Waals surface area contributed by atoms with Crippen molar-refractivity contribution in [3.63, 3.8) is 0 Å². The summed E-state index contributed by atoms with van der Waals surface area (Å²) in [7, 11) is 1.29. The van der Waals surface area contributed by atoms with Crippen LogP contribution >= 0.6 is 11.8 Å². The Kier molecular flexibility index (Phi) is 6.22. The largest absolute Gasteiger partial charge is 0.465 e. The molecule has 1 amide bonds. The Balaban J connectivity index is 1.43. The molecule has 0 aliphatic carbocycles. The molecule has 3 aromatic carbocycles. The van der Waals surface area contributed by atoms with Crippen LogP contribution < -0.4 is 5.32 Å². The number of hydrogen-bond acceptors (Lipinski definition) is 8. The second kappa shape index (κ2) is 9.77. The summed E-state index contributed by atoms with van der Waals surface area (Å²) in [6.45, 7) is 0. The van der Waals surface area contributed by atoms with Crippen molar-refractivity contribution in [3.8, 4) is 11.6 Å². The van der Waals surface area contributed by atoms with Crippen molar-refractivity contribution in [1.82, 2.24) is 29.8 Å². The molecular weight excluding hydrogens is 466 g/mol. The molecule has 11 heteroatoms. The summed E-state index contributed by atoms with van der Waals surface area (Å²) in [6.07, 6.45) is 0. The Morgan fingerprint density at radius 2 is 1.66 bits per heavy atom. The Morgan fingerprint density at radius 3 is 2.49 bits per heavy atom. The zero-order valence-electron chi connectivity index (χ0n) is 18.5. The van der Waals surface area contributed by atoms with Crippen LogP contribution in [0.4, 0.5) is 5.69 Å². The summed E-state index contributed by atoms with van der Waals surface area (Å²) in [5.41, 5.74) is 2.98. The highest BCUT2D eigenvalue weighted by atomic mass is 32.2. The fourth-order valence-corrected chi connectivity index (χ4v) is 4.26. The molecule has 0 bridgehead atoms. The first-order chi connectivity index (χ1) is 17.2. The van der Waals surface area contributed by atoms with Crippen LogP contribution in [0.5, 0.6) is 0 Å². The quantitative estimate of drug-likeness (QED) is 0.275.